The standard InChI is InChI=1S/C15H22BrNO/c1-17-11-13(6-9-15-3-2-10-18-15)12-4-7-14(16)8-5-12/h4-5,7-8,13,15,17H,2-3,6,9-11H2,1H3. The number of likely N-dealkylation sites (N-methyl/N-ethyl adjacent to an activating group) is 1. The van der Waals surface area contributed by atoms with Crippen LogP contribution in [-0.2, 0) is 4.74 Å². The van der Waals surface area contributed by atoms with Gasteiger partial charge in [0.2, 0.25) is 0 Å². The van der Waals surface area contributed by atoms with E-state index in [0.29, 0.717) is 12.0 Å². The zero-order chi connectivity index (χ0) is 12.8. The number of ether oxygens (including phenoxy) is 1. The summed E-state index contributed by atoms with van der Waals surface area (Å²) in [6.45, 7) is 1.99. The summed E-state index contributed by atoms with van der Waals surface area (Å²) in [7, 11) is 2.03. The molecular weight excluding hydrogens is 290 g/mol. The molecule has 1 N–H and O–H groups in total. The summed E-state index contributed by atoms with van der Waals surface area (Å²) in [5, 5.41) is 3.30. The summed E-state index contributed by atoms with van der Waals surface area (Å²) in [4.78, 5) is 0. The molecule has 0 aliphatic carbocycles. The maximum atomic E-state index is 5.71. The Labute approximate surface area is 118 Å². The van der Waals surface area contributed by atoms with Crippen LogP contribution in [0.1, 0.15) is 37.2 Å². The van der Waals surface area contributed by atoms with Gasteiger partial charge in [-0.3, -0.25) is 0 Å². The predicted octanol–water partition coefficient (Wildman–Crippen LogP) is 3.71. The normalized spacial score (nSPS) is 21.1. The number of benzene rings is 1. The first-order chi connectivity index (χ1) is 8.79. The highest BCUT2D eigenvalue weighted by Gasteiger charge is 2.18. The quantitative estimate of drug-likeness (QED) is 0.864. The molecule has 1 aliphatic heterocycles. The van der Waals surface area contributed by atoms with Gasteiger partial charge in [-0.2, -0.15) is 0 Å². The van der Waals surface area contributed by atoms with Crippen LogP contribution in [0.5, 0.6) is 0 Å². The first kappa shape index (κ1) is 14.0. The molecule has 0 spiro atoms. The van der Waals surface area contributed by atoms with Crippen LogP contribution < -0.4 is 5.32 Å². The van der Waals surface area contributed by atoms with Crippen LogP contribution in [0, 0.1) is 0 Å². The van der Waals surface area contributed by atoms with Gasteiger partial charge in [0.15, 0.2) is 0 Å². The van der Waals surface area contributed by atoms with Crippen molar-refractivity contribution in [2.45, 2.75) is 37.7 Å². The molecule has 1 fully saturated rings. The van der Waals surface area contributed by atoms with Crippen LogP contribution >= 0.6 is 15.9 Å². The lowest BCUT2D eigenvalue weighted by Gasteiger charge is -2.19. The maximum absolute atomic E-state index is 5.71. The van der Waals surface area contributed by atoms with Gasteiger partial charge >= 0.3 is 0 Å². The molecule has 0 radical (unpaired) electrons. The fourth-order valence-electron chi connectivity index (χ4n) is 2.63. The van der Waals surface area contributed by atoms with Crippen LogP contribution in [0.3, 0.4) is 0 Å². The van der Waals surface area contributed by atoms with Gasteiger partial charge in [-0.05, 0) is 56.3 Å². The van der Waals surface area contributed by atoms with Gasteiger partial charge in [0.25, 0.3) is 0 Å². The third-order valence-corrected chi connectivity index (χ3v) is 4.18. The lowest BCUT2D eigenvalue weighted by atomic mass is 9.92. The van der Waals surface area contributed by atoms with Gasteiger partial charge < -0.3 is 10.1 Å². The Morgan fingerprint density at radius 3 is 2.78 bits per heavy atom. The molecule has 1 heterocycles. The highest BCUT2D eigenvalue weighted by molar-refractivity contribution is 9.10. The van der Waals surface area contributed by atoms with Crippen molar-refractivity contribution in [2.24, 2.45) is 0 Å². The minimum Gasteiger partial charge on any atom is -0.378 e. The molecule has 1 aromatic rings. The molecule has 0 bridgehead atoms. The van der Waals surface area contributed by atoms with Crippen molar-refractivity contribution in [1.82, 2.24) is 5.32 Å². The molecule has 18 heavy (non-hydrogen) atoms. The molecule has 2 rings (SSSR count). The minimum atomic E-state index is 0.500. The monoisotopic (exact) mass is 311 g/mol. The molecule has 2 atom stereocenters. The average molecular weight is 312 g/mol. The van der Waals surface area contributed by atoms with Crippen LogP contribution in [0.25, 0.3) is 0 Å². The topological polar surface area (TPSA) is 21.3 Å². The largest absolute Gasteiger partial charge is 0.378 e. The summed E-state index contributed by atoms with van der Waals surface area (Å²) < 4.78 is 6.86. The number of hydrogen-bond acceptors (Lipinski definition) is 2. The van der Waals surface area contributed by atoms with Crippen molar-refractivity contribution in [1.29, 1.82) is 0 Å². The molecule has 2 unspecified atom stereocenters. The molecule has 0 amide bonds. The smallest absolute Gasteiger partial charge is 0.0576 e. The van der Waals surface area contributed by atoms with Crippen LogP contribution in [0.2, 0.25) is 0 Å². The van der Waals surface area contributed by atoms with Crippen LogP contribution in [0.4, 0.5) is 0 Å². The highest BCUT2D eigenvalue weighted by atomic mass is 79.9. The molecular formula is C15H22BrNO. The highest BCUT2D eigenvalue weighted by Crippen LogP contribution is 2.26. The Kier molecular flexibility index (Phi) is 5.67. The van der Waals surface area contributed by atoms with Crippen LogP contribution in [-0.4, -0.2) is 26.3 Å². The third kappa shape index (κ3) is 4.08. The zero-order valence-corrected chi connectivity index (χ0v) is 12.6. The fraction of sp³-hybridized carbons (Fsp3) is 0.600. The van der Waals surface area contributed by atoms with E-state index in [1.54, 1.807) is 0 Å². The number of nitrogens with one attached hydrogen (secondary N) is 1. The molecule has 100 valence electrons. The first-order valence-corrected chi connectivity index (χ1v) is 7.60. The zero-order valence-electron chi connectivity index (χ0n) is 11.0. The molecule has 3 heteroatoms. The molecule has 0 aromatic heterocycles. The fourth-order valence-corrected chi connectivity index (χ4v) is 2.89. The Bertz CT molecular complexity index is 346. The van der Waals surface area contributed by atoms with E-state index < -0.39 is 0 Å². The van der Waals surface area contributed by atoms with Gasteiger partial charge in [-0.25, -0.2) is 0 Å². The minimum absolute atomic E-state index is 0.500. The van der Waals surface area contributed by atoms with Gasteiger partial charge in [0, 0.05) is 17.6 Å². The summed E-state index contributed by atoms with van der Waals surface area (Å²) >= 11 is 3.49. The summed E-state index contributed by atoms with van der Waals surface area (Å²) in [6.07, 6.45) is 5.36. The summed E-state index contributed by atoms with van der Waals surface area (Å²) in [6, 6.07) is 8.71. The average Bonchev–Trinajstić information content (AvgIpc) is 2.89. The van der Waals surface area contributed by atoms with Crippen molar-refractivity contribution < 1.29 is 4.74 Å². The SMILES string of the molecule is CNCC(CCC1CCCO1)c1ccc(Br)cc1. The lowest BCUT2D eigenvalue weighted by molar-refractivity contribution is 0.101. The second-order valence-corrected chi connectivity index (χ2v) is 5.93. The molecule has 1 saturated heterocycles. The van der Waals surface area contributed by atoms with Crippen molar-refractivity contribution in [3.8, 4) is 0 Å². The van der Waals surface area contributed by atoms with Gasteiger partial charge in [-0.1, -0.05) is 28.1 Å². The van der Waals surface area contributed by atoms with Crippen LogP contribution in [0.15, 0.2) is 28.7 Å². The van der Waals surface area contributed by atoms with Crippen molar-refractivity contribution in [2.75, 3.05) is 20.2 Å². The van der Waals surface area contributed by atoms with E-state index in [9.17, 15) is 0 Å². The van der Waals surface area contributed by atoms with Crippen molar-refractivity contribution in [3.05, 3.63) is 34.3 Å². The number of halogens is 1. The molecule has 1 aliphatic rings. The van der Waals surface area contributed by atoms with E-state index in [1.165, 1.54) is 31.2 Å². The lowest BCUT2D eigenvalue weighted by Crippen LogP contribution is -2.19. The molecule has 2 nitrogen and oxygen atoms in total. The van der Waals surface area contributed by atoms with E-state index in [-0.39, 0.29) is 0 Å². The second-order valence-electron chi connectivity index (χ2n) is 5.02. The second kappa shape index (κ2) is 7.27. The Hall–Kier alpha value is -0.380. The van der Waals surface area contributed by atoms with E-state index in [2.05, 4.69) is 45.5 Å². The van der Waals surface area contributed by atoms with E-state index in [4.69, 9.17) is 4.74 Å². The molecule has 1 aromatic carbocycles. The van der Waals surface area contributed by atoms with Gasteiger partial charge in [-0.15, -0.1) is 0 Å². The summed E-state index contributed by atoms with van der Waals surface area (Å²) in [5.74, 6) is 0.590. The van der Waals surface area contributed by atoms with Gasteiger partial charge in [0.1, 0.15) is 0 Å². The Balaban J connectivity index is 1.91. The van der Waals surface area contributed by atoms with Crippen molar-refractivity contribution >= 4 is 15.9 Å². The first-order valence-electron chi connectivity index (χ1n) is 6.81. The van der Waals surface area contributed by atoms with Gasteiger partial charge in [0.05, 0.1) is 6.10 Å². The Morgan fingerprint density at radius 2 is 2.17 bits per heavy atom. The summed E-state index contributed by atoms with van der Waals surface area (Å²) in [5.41, 5.74) is 1.42. The van der Waals surface area contributed by atoms with E-state index >= 15 is 0 Å². The molecule has 0 saturated carbocycles. The predicted molar refractivity (Wildman–Crippen MR) is 79.0 cm³/mol. The van der Waals surface area contributed by atoms with E-state index in [0.717, 1.165) is 17.6 Å². The van der Waals surface area contributed by atoms with Crippen molar-refractivity contribution in [3.63, 3.8) is 0 Å². The van der Waals surface area contributed by atoms with E-state index in [1.807, 2.05) is 7.05 Å². The third-order valence-electron chi connectivity index (χ3n) is 3.65. The maximum Gasteiger partial charge on any atom is 0.0576 e. The number of hydrogen-bond donors (Lipinski definition) is 1. The Morgan fingerprint density at radius 1 is 1.39 bits per heavy atom. The number of rotatable bonds is 6.